The maximum atomic E-state index is 13.5. The Hall–Kier alpha value is -0.500. The maximum Gasteiger partial charge on any atom is 0.240 e. The molecular formula is C13H20BrFN2O2S. The quantitative estimate of drug-likeness (QED) is 0.840. The SMILES string of the molecule is CC(C)C(CN(C)C)NS(=O)(=O)c1ccc(Br)c(F)c1. The van der Waals surface area contributed by atoms with Gasteiger partial charge in [0.15, 0.2) is 0 Å². The van der Waals surface area contributed by atoms with Crippen molar-refractivity contribution in [3.05, 3.63) is 28.5 Å². The highest BCUT2D eigenvalue weighted by Crippen LogP contribution is 2.20. The maximum absolute atomic E-state index is 13.5. The summed E-state index contributed by atoms with van der Waals surface area (Å²) in [5.41, 5.74) is 0. The normalized spacial score (nSPS) is 14.0. The van der Waals surface area contributed by atoms with Gasteiger partial charge in [-0.25, -0.2) is 17.5 Å². The molecule has 1 rings (SSSR count). The monoisotopic (exact) mass is 366 g/mol. The number of hydrogen-bond acceptors (Lipinski definition) is 3. The van der Waals surface area contributed by atoms with Crippen molar-refractivity contribution in [3.8, 4) is 0 Å². The molecule has 1 atom stereocenters. The number of nitrogens with zero attached hydrogens (tertiary/aromatic N) is 1. The lowest BCUT2D eigenvalue weighted by molar-refractivity contribution is 0.314. The van der Waals surface area contributed by atoms with Gasteiger partial charge >= 0.3 is 0 Å². The topological polar surface area (TPSA) is 49.4 Å². The first-order valence-corrected chi connectivity index (χ1v) is 8.53. The van der Waals surface area contributed by atoms with E-state index in [-0.39, 0.29) is 21.3 Å². The van der Waals surface area contributed by atoms with Crippen molar-refractivity contribution in [2.45, 2.75) is 24.8 Å². The molecule has 0 radical (unpaired) electrons. The Morgan fingerprint density at radius 3 is 2.40 bits per heavy atom. The Morgan fingerprint density at radius 2 is 1.95 bits per heavy atom. The standard InChI is InChI=1S/C13H20BrFN2O2S/c1-9(2)13(8-17(3)4)16-20(18,19)10-5-6-11(14)12(15)7-10/h5-7,9,13,16H,8H2,1-4H3. The van der Waals surface area contributed by atoms with Gasteiger partial charge in [-0.05, 0) is 54.1 Å². The summed E-state index contributed by atoms with van der Waals surface area (Å²) >= 11 is 3.01. The third-order valence-electron chi connectivity index (χ3n) is 2.87. The Kier molecular flexibility index (Phi) is 6.12. The molecule has 114 valence electrons. The molecule has 20 heavy (non-hydrogen) atoms. The number of rotatable bonds is 6. The van der Waals surface area contributed by atoms with E-state index in [1.165, 1.54) is 12.1 Å². The zero-order valence-corrected chi connectivity index (χ0v) is 14.4. The molecular weight excluding hydrogens is 347 g/mol. The summed E-state index contributed by atoms with van der Waals surface area (Å²) in [5.74, 6) is -0.464. The molecule has 0 spiro atoms. The summed E-state index contributed by atoms with van der Waals surface area (Å²) in [6, 6.07) is 3.55. The summed E-state index contributed by atoms with van der Waals surface area (Å²) in [7, 11) is 0.0290. The molecule has 1 aromatic carbocycles. The number of nitrogens with one attached hydrogen (secondary N) is 1. The van der Waals surface area contributed by atoms with Crippen LogP contribution >= 0.6 is 15.9 Å². The molecule has 0 bridgehead atoms. The van der Waals surface area contributed by atoms with Gasteiger partial charge in [0.25, 0.3) is 0 Å². The molecule has 0 heterocycles. The Morgan fingerprint density at radius 1 is 1.35 bits per heavy atom. The first kappa shape index (κ1) is 17.6. The van der Waals surface area contributed by atoms with E-state index in [1.807, 2.05) is 32.8 Å². The minimum absolute atomic E-state index is 0.0670. The molecule has 0 aliphatic carbocycles. The number of sulfonamides is 1. The first-order chi connectivity index (χ1) is 9.13. The fourth-order valence-corrected chi connectivity index (χ4v) is 3.32. The van der Waals surface area contributed by atoms with Crippen LogP contribution in [0.2, 0.25) is 0 Å². The van der Waals surface area contributed by atoms with E-state index in [1.54, 1.807) is 0 Å². The van der Waals surface area contributed by atoms with Crippen molar-refractivity contribution in [3.63, 3.8) is 0 Å². The number of hydrogen-bond donors (Lipinski definition) is 1. The van der Waals surface area contributed by atoms with Gasteiger partial charge in [0, 0.05) is 12.6 Å². The molecule has 0 amide bonds. The van der Waals surface area contributed by atoms with Gasteiger partial charge in [0.2, 0.25) is 10.0 Å². The lowest BCUT2D eigenvalue weighted by atomic mass is 10.1. The van der Waals surface area contributed by atoms with E-state index in [9.17, 15) is 12.8 Å². The highest BCUT2D eigenvalue weighted by molar-refractivity contribution is 9.10. The Balaban J connectivity index is 3.00. The average molecular weight is 367 g/mol. The third kappa shape index (κ3) is 4.80. The van der Waals surface area contributed by atoms with Crippen molar-refractivity contribution in [1.29, 1.82) is 0 Å². The number of benzene rings is 1. The van der Waals surface area contributed by atoms with Crippen LogP contribution in [0.5, 0.6) is 0 Å². The molecule has 7 heteroatoms. The van der Waals surface area contributed by atoms with E-state index in [2.05, 4.69) is 20.7 Å². The van der Waals surface area contributed by atoms with Crippen molar-refractivity contribution in [1.82, 2.24) is 9.62 Å². The van der Waals surface area contributed by atoms with E-state index >= 15 is 0 Å². The fourth-order valence-electron chi connectivity index (χ4n) is 1.69. The molecule has 0 aliphatic heterocycles. The average Bonchev–Trinajstić information content (AvgIpc) is 2.30. The second-order valence-electron chi connectivity index (χ2n) is 5.31. The smallest absolute Gasteiger partial charge is 0.240 e. The van der Waals surface area contributed by atoms with Crippen LogP contribution in [0.15, 0.2) is 27.6 Å². The van der Waals surface area contributed by atoms with E-state index in [0.29, 0.717) is 6.54 Å². The summed E-state index contributed by atoms with van der Waals surface area (Å²) in [5, 5.41) is 0. The van der Waals surface area contributed by atoms with Gasteiger partial charge in [-0.1, -0.05) is 13.8 Å². The highest BCUT2D eigenvalue weighted by Gasteiger charge is 2.23. The zero-order valence-electron chi connectivity index (χ0n) is 12.0. The minimum atomic E-state index is -3.73. The molecule has 1 aromatic rings. The molecule has 0 aliphatic rings. The lowest BCUT2D eigenvalue weighted by Gasteiger charge is -2.25. The van der Waals surface area contributed by atoms with Crippen LogP contribution < -0.4 is 4.72 Å². The Labute approximate surface area is 128 Å². The van der Waals surface area contributed by atoms with E-state index < -0.39 is 15.8 Å². The summed E-state index contributed by atoms with van der Waals surface area (Å²) < 4.78 is 40.9. The van der Waals surface area contributed by atoms with Gasteiger partial charge in [-0.2, -0.15) is 0 Å². The summed E-state index contributed by atoms with van der Waals surface area (Å²) in [6.07, 6.45) is 0. The summed E-state index contributed by atoms with van der Waals surface area (Å²) in [4.78, 5) is 1.85. The second kappa shape index (κ2) is 6.98. The van der Waals surface area contributed by atoms with Crippen LogP contribution in [-0.2, 0) is 10.0 Å². The van der Waals surface area contributed by atoms with Crippen molar-refractivity contribution in [2.75, 3.05) is 20.6 Å². The largest absolute Gasteiger partial charge is 0.308 e. The van der Waals surface area contributed by atoms with Crippen molar-refractivity contribution in [2.24, 2.45) is 5.92 Å². The molecule has 0 aromatic heterocycles. The molecule has 4 nitrogen and oxygen atoms in total. The zero-order chi connectivity index (χ0) is 15.5. The van der Waals surface area contributed by atoms with Crippen molar-refractivity contribution < 1.29 is 12.8 Å². The van der Waals surface area contributed by atoms with Crippen LogP contribution in [0, 0.1) is 11.7 Å². The van der Waals surface area contributed by atoms with Gasteiger partial charge < -0.3 is 4.90 Å². The highest BCUT2D eigenvalue weighted by atomic mass is 79.9. The molecule has 1 unspecified atom stereocenters. The number of halogens is 2. The van der Waals surface area contributed by atoms with Gasteiger partial charge in [-0.15, -0.1) is 0 Å². The molecule has 0 fully saturated rings. The van der Waals surface area contributed by atoms with Crippen LogP contribution in [0.25, 0.3) is 0 Å². The lowest BCUT2D eigenvalue weighted by Crippen LogP contribution is -2.44. The minimum Gasteiger partial charge on any atom is -0.308 e. The van der Waals surface area contributed by atoms with E-state index in [0.717, 1.165) is 6.07 Å². The van der Waals surface area contributed by atoms with Gasteiger partial charge in [0.1, 0.15) is 5.82 Å². The van der Waals surface area contributed by atoms with Crippen LogP contribution in [0.4, 0.5) is 4.39 Å². The van der Waals surface area contributed by atoms with Gasteiger partial charge in [0.05, 0.1) is 9.37 Å². The molecule has 0 saturated heterocycles. The van der Waals surface area contributed by atoms with Crippen LogP contribution in [-0.4, -0.2) is 40.0 Å². The van der Waals surface area contributed by atoms with Crippen molar-refractivity contribution >= 4 is 26.0 Å². The fraction of sp³-hybridized carbons (Fsp3) is 0.538. The molecule has 1 N–H and O–H groups in total. The van der Waals surface area contributed by atoms with Gasteiger partial charge in [-0.3, -0.25) is 0 Å². The molecule has 0 saturated carbocycles. The first-order valence-electron chi connectivity index (χ1n) is 6.25. The second-order valence-corrected chi connectivity index (χ2v) is 7.88. The predicted molar refractivity (Wildman–Crippen MR) is 81.6 cm³/mol. The number of likely N-dealkylation sites (N-methyl/N-ethyl adjacent to an activating group) is 1. The Bertz CT molecular complexity index is 561. The predicted octanol–water partition coefficient (Wildman–Crippen LogP) is 2.45. The van der Waals surface area contributed by atoms with E-state index in [4.69, 9.17) is 0 Å². The van der Waals surface area contributed by atoms with Crippen LogP contribution in [0.1, 0.15) is 13.8 Å². The summed E-state index contributed by atoms with van der Waals surface area (Å²) in [6.45, 7) is 4.47. The third-order valence-corrected chi connectivity index (χ3v) is 5.01. The van der Waals surface area contributed by atoms with Crippen LogP contribution in [0.3, 0.4) is 0 Å².